The van der Waals surface area contributed by atoms with E-state index in [2.05, 4.69) is 4.72 Å². The van der Waals surface area contributed by atoms with Crippen molar-refractivity contribution in [2.75, 3.05) is 0 Å². The Morgan fingerprint density at radius 1 is 1.39 bits per heavy atom. The van der Waals surface area contributed by atoms with Gasteiger partial charge in [-0.1, -0.05) is 23.7 Å². The van der Waals surface area contributed by atoms with Gasteiger partial charge in [0.05, 0.1) is 9.92 Å². The van der Waals surface area contributed by atoms with Crippen molar-refractivity contribution >= 4 is 28.6 Å². The summed E-state index contributed by atoms with van der Waals surface area (Å²) in [4.78, 5) is 23.1. The Hall–Kier alpha value is -2.16. The van der Waals surface area contributed by atoms with Gasteiger partial charge in [-0.3, -0.25) is 4.79 Å². The summed E-state index contributed by atoms with van der Waals surface area (Å²) in [5.74, 6) is -2.27. The Morgan fingerprint density at radius 2 is 2.04 bits per heavy atom. The number of nitrogens with one attached hydrogen (secondary N) is 1. The van der Waals surface area contributed by atoms with Crippen LogP contribution in [0, 0.1) is 0 Å². The van der Waals surface area contributed by atoms with E-state index in [4.69, 9.17) is 16.7 Å². The first-order chi connectivity index (χ1) is 10.8. The summed E-state index contributed by atoms with van der Waals surface area (Å²) >= 11 is 5.95. The third-order valence-electron chi connectivity index (χ3n) is 3.14. The zero-order chi connectivity index (χ0) is 17.1. The molecule has 122 valence electrons. The van der Waals surface area contributed by atoms with E-state index in [9.17, 15) is 18.9 Å². The highest BCUT2D eigenvalue weighted by Crippen LogP contribution is 2.18. The first-order valence-electron chi connectivity index (χ1n) is 6.38. The number of pyridine rings is 1. The number of benzene rings is 1. The lowest BCUT2D eigenvalue weighted by Crippen LogP contribution is -2.24. The van der Waals surface area contributed by atoms with Gasteiger partial charge in [0.15, 0.2) is 11.4 Å². The Labute approximate surface area is 138 Å². The molecule has 2 rings (SSSR count). The number of carbonyl (C=O) groups is 1. The van der Waals surface area contributed by atoms with E-state index in [1.54, 1.807) is 24.3 Å². The number of hydrogen-bond acceptors (Lipinski definition) is 4. The maximum absolute atomic E-state index is 12.2. The summed E-state index contributed by atoms with van der Waals surface area (Å²) in [5, 5.41) is 18.9. The number of aromatic nitrogens is 1. The van der Waals surface area contributed by atoms with E-state index in [0.717, 1.165) is 10.6 Å². The topological polar surface area (TPSA) is 109 Å². The molecular formula is C14H13ClN2O5S. The second-order valence-electron chi connectivity index (χ2n) is 4.58. The van der Waals surface area contributed by atoms with Crippen LogP contribution in [-0.4, -0.2) is 25.0 Å². The fourth-order valence-corrected chi connectivity index (χ4v) is 3.19. The van der Waals surface area contributed by atoms with Crippen molar-refractivity contribution < 1.29 is 19.2 Å². The molecule has 0 amide bonds. The number of nitrogens with zero attached hydrogens (tertiary/aromatic N) is 1. The van der Waals surface area contributed by atoms with E-state index >= 15 is 0 Å². The van der Waals surface area contributed by atoms with E-state index in [1.807, 2.05) is 0 Å². The molecule has 0 fully saturated rings. The molecule has 0 radical (unpaired) electrons. The first kappa shape index (κ1) is 17.2. The molecule has 1 aromatic carbocycles. The van der Waals surface area contributed by atoms with Gasteiger partial charge in [-0.25, -0.2) is 13.7 Å². The van der Waals surface area contributed by atoms with Gasteiger partial charge in [-0.2, -0.15) is 0 Å². The lowest BCUT2D eigenvalue weighted by molar-refractivity contribution is 0.0681. The molecule has 0 aliphatic heterocycles. The van der Waals surface area contributed by atoms with Crippen LogP contribution in [0.1, 0.15) is 16.2 Å². The fourth-order valence-electron chi connectivity index (χ4n) is 1.96. The van der Waals surface area contributed by atoms with Crippen LogP contribution in [0.3, 0.4) is 0 Å². The van der Waals surface area contributed by atoms with Crippen molar-refractivity contribution in [2.24, 2.45) is 7.05 Å². The van der Waals surface area contributed by atoms with Crippen molar-refractivity contribution in [3.63, 3.8) is 0 Å². The number of halogens is 1. The fraction of sp³-hybridized carbons (Fsp3) is 0.143. The molecule has 7 nitrogen and oxygen atoms in total. The third kappa shape index (κ3) is 3.61. The van der Waals surface area contributed by atoms with Gasteiger partial charge in [-0.15, -0.1) is 0 Å². The van der Waals surface area contributed by atoms with Gasteiger partial charge in [-0.05, 0) is 12.1 Å². The number of carboxylic acids is 1. The molecule has 1 heterocycles. The van der Waals surface area contributed by atoms with Gasteiger partial charge in [0.1, 0.15) is 11.0 Å². The molecule has 2 aromatic rings. The molecule has 0 spiro atoms. The predicted molar refractivity (Wildman–Crippen MR) is 85.0 cm³/mol. The SMILES string of the molecule is Cn1c(CNS(=O)c2ccccc2Cl)cc(=O)c(O)c1C(=O)O. The molecule has 0 saturated heterocycles. The average molecular weight is 357 g/mol. The molecule has 0 saturated carbocycles. The maximum atomic E-state index is 12.2. The van der Waals surface area contributed by atoms with Crippen LogP contribution >= 0.6 is 11.6 Å². The van der Waals surface area contributed by atoms with Gasteiger partial charge >= 0.3 is 5.97 Å². The van der Waals surface area contributed by atoms with Crippen LogP contribution in [0.4, 0.5) is 0 Å². The van der Waals surface area contributed by atoms with Crippen LogP contribution in [0.15, 0.2) is 40.0 Å². The number of aromatic carboxylic acids is 1. The summed E-state index contributed by atoms with van der Waals surface area (Å²) in [6.07, 6.45) is 0. The summed E-state index contributed by atoms with van der Waals surface area (Å²) in [6.45, 7) is -0.0515. The normalized spacial score (nSPS) is 12.1. The minimum absolute atomic E-state index is 0.0515. The molecular weight excluding hydrogens is 344 g/mol. The molecule has 23 heavy (non-hydrogen) atoms. The molecule has 9 heteroatoms. The highest BCUT2D eigenvalue weighted by atomic mass is 35.5. The van der Waals surface area contributed by atoms with Crippen LogP contribution in [0.25, 0.3) is 0 Å². The third-order valence-corrected chi connectivity index (χ3v) is 4.75. The molecule has 0 aliphatic carbocycles. The van der Waals surface area contributed by atoms with Gasteiger partial charge < -0.3 is 14.8 Å². The minimum Gasteiger partial charge on any atom is -0.502 e. The lowest BCUT2D eigenvalue weighted by Gasteiger charge is -2.13. The predicted octanol–water partition coefficient (Wildman–Crippen LogP) is 1.25. The van der Waals surface area contributed by atoms with Crippen LogP contribution in [0.5, 0.6) is 5.75 Å². The minimum atomic E-state index is -1.64. The lowest BCUT2D eigenvalue weighted by atomic mass is 10.2. The van der Waals surface area contributed by atoms with Gasteiger partial charge in [0.2, 0.25) is 5.43 Å². The molecule has 0 aliphatic rings. The maximum Gasteiger partial charge on any atom is 0.356 e. The first-order valence-corrected chi connectivity index (χ1v) is 7.90. The number of rotatable bonds is 5. The van der Waals surface area contributed by atoms with Crippen molar-refractivity contribution in [3.05, 3.63) is 57.0 Å². The highest BCUT2D eigenvalue weighted by molar-refractivity contribution is 7.83. The quantitative estimate of drug-likeness (QED) is 0.747. The standard InChI is InChI=1S/C14H13ClN2O5S/c1-17-8(6-10(18)13(19)12(17)14(20)21)7-16-23(22)11-5-3-2-4-9(11)15/h2-6,16,19H,7H2,1H3,(H,20,21). The number of aromatic hydroxyl groups is 1. The van der Waals surface area contributed by atoms with Crippen LogP contribution in [0.2, 0.25) is 5.02 Å². The Bertz CT molecular complexity index is 850. The van der Waals surface area contributed by atoms with Gasteiger partial charge in [0.25, 0.3) is 0 Å². The van der Waals surface area contributed by atoms with Crippen LogP contribution in [-0.2, 0) is 24.6 Å². The smallest absolute Gasteiger partial charge is 0.356 e. The van der Waals surface area contributed by atoms with Gasteiger partial charge in [0, 0.05) is 25.4 Å². The monoisotopic (exact) mass is 356 g/mol. The van der Waals surface area contributed by atoms with E-state index in [1.165, 1.54) is 7.05 Å². The Kier molecular flexibility index (Phi) is 5.19. The molecule has 1 atom stereocenters. The van der Waals surface area contributed by atoms with Crippen molar-refractivity contribution in [1.82, 2.24) is 9.29 Å². The summed E-state index contributed by atoms with van der Waals surface area (Å²) in [6, 6.07) is 7.64. The highest BCUT2D eigenvalue weighted by Gasteiger charge is 2.19. The summed E-state index contributed by atoms with van der Waals surface area (Å²) in [7, 11) is -0.253. The Morgan fingerprint density at radius 3 is 2.65 bits per heavy atom. The van der Waals surface area contributed by atoms with E-state index in [-0.39, 0.29) is 12.2 Å². The largest absolute Gasteiger partial charge is 0.502 e. The van der Waals surface area contributed by atoms with Crippen molar-refractivity contribution in [3.8, 4) is 5.75 Å². The molecule has 0 bridgehead atoms. The zero-order valence-electron chi connectivity index (χ0n) is 11.9. The Balaban J connectivity index is 2.28. The van der Waals surface area contributed by atoms with E-state index in [0.29, 0.717) is 9.92 Å². The van der Waals surface area contributed by atoms with Crippen molar-refractivity contribution in [2.45, 2.75) is 11.4 Å². The zero-order valence-corrected chi connectivity index (χ0v) is 13.5. The van der Waals surface area contributed by atoms with Crippen molar-refractivity contribution in [1.29, 1.82) is 0 Å². The second kappa shape index (κ2) is 6.95. The number of hydrogen-bond donors (Lipinski definition) is 3. The summed E-state index contributed by atoms with van der Waals surface area (Å²) < 4.78 is 16.0. The molecule has 1 unspecified atom stereocenters. The number of carboxylic acid groups (broad SMARTS) is 1. The molecule has 1 aromatic heterocycles. The average Bonchev–Trinajstić information content (AvgIpc) is 2.49. The van der Waals surface area contributed by atoms with E-state index < -0.39 is 33.8 Å². The van der Waals surface area contributed by atoms with Crippen LogP contribution < -0.4 is 10.2 Å². The molecule has 3 N–H and O–H groups in total. The second-order valence-corrected chi connectivity index (χ2v) is 6.25. The summed E-state index contributed by atoms with van der Waals surface area (Å²) in [5.41, 5.74) is -1.09.